The Labute approximate surface area is 151 Å². The third kappa shape index (κ3) is 3.99. The molecule has 2 N–H and O–H groups in total. The number of sulfonamides is 1. The number of rotatable bonds is 6. The number of benzene rings is 2. The number of pyridine rings is 1. The molecule has 0 fully saturated rings. The molecule has 0 aliphatic heterocycles. The van der Waals surface area contributed by atoms with E-state index in [1.165, 1.54) is 6.08 Å². The molecule has 5 nitrogen and oxygen atoms in total. The van der Waals surface area contributed by atoms with Crippen molar-refractivity contribution in [1.82, 2.24) is 9.71 Å². The van der Waals surface area contributed by atoms with Crippen molar-refractivity contribution in [2.45, 2.75) is 4.90 Å². The fourth-order valence-electron chi connectivity index (χ4n) is 2.35. The molecule has 2 aromatic carbocycles. The van der Waals surface area contributed by atoms with E-state index in [1.807, 2.05) is 18.2 Å². The highest BCUT2D eigenvalue weighted by atomic mass is 35.5. The van der Waals surface area contributed by atoms with Crippen molar-refractivity contribution >= 4 is 43.9 Å². The van der Waals surface area contributed by atoms with E-state index in [-0.39, 0.29) is 11.4 Å². The third-order valence-electron chi connectivity index (χ3n) is 3.56. The number of nitrogens with one attached hydrogen (secondary N) is 2. The van der Waals surface area contributed by atoms with Crippen LogP contribution in [0.15, 0.2) is 72.3 Å². The molecule has 0 spiro atoms. The van der Waals surface area contributed by atoms with E-state index in [0.29, 0.717) is 5.02 Å². The van der Waals surface area contributed by atoms with E-state index in [9.17, 15) is 8.42 Å². The van der Waals surface area contributed by atoms with Crippen molar-refractivity contribution in [2.75, 3.05) is 11.9 Å². The molecule has 0 amide bonds. The number of halogens is 1. The fourth-order valence-corrected chi connectivity index (χ4v) is 3.52. The third-order valence-corrected chi connectivity index (χ3v) is 5.24. The monoisotopic (exact) mass is 373 g/mol. The van der Waals surface area contributed by atoms with Crippen LogP contribution in [-0.2, 0) is 10.0 Å². The first-order chi connectivity index (χ1) is 12.0. The second-order valence-corrected chi connectivity index (χ2v) is 7.51. The SMILES string of the molecule is C=CCNS(=O)(=O)c1ccc(Nc2ccnc3ccc(Cl)cc23)cc1. The van der Waals surface area contributed by atoms with Crippen LogP contribution in [0.25, 0.3) is 10.9 Å². The van der Waals surface area contributed by atoms with Crippen LogP contribution >= 0.6 is 11.6 Å². The van der Waals surface area contributed by atoms with Gasteiger partial charge in [0.05, 0.1) is 10.4 Å². The summed E-state index contributed by atoms with van der Waals surface area (Å²) in [5, 5.41) is 4.78. The fraction of sp³-hybridized carbons (Fsp3) is 0.0556. The summed E-state index contributed by atoms with van der Waals surface area (Å²) >= 11 is 6.07. The van der Waals surface area contributed by atoms with E-state index in [0.717, 1.165) is 22.3 Å². The molecule has 0 unspecified atom stereocenters. The van der Waals surface area contributed by atoms with Gasteiger partial charge in [0.1, 0.15) is 0 Å². The smallest absolute Gasteiger partial charge is 0.240 e. The zero-order chi connectivity index (χ0) is 17.9. The Bertz CT molecular complexity index is 1020. The molecule has 0 saturated carbocycles. The second kappa shape index (κ2) is 7.23. The average molecular weight is 374 g/mol. The topological polar surface area (TPSA) is 71.1 Å². The minimum absolute atomic E-state index is 0.187. The molecule has 0 bridgehead atoms. The van der Waals surface area contributed by atoms with Gasteiger partial charge in [-0.2, -0.15) is 0 Å². The number of aromatic nitrogens is 1. The van der Waals surface area contributed by atoms with Crippen LogP contribution in [0.5, 0.6) is 0 Å². The Morgan fingerprint density at radius 1 is 1.12 bits per heavy atom. The van der Waals surface area contributed by atoms with Gasteiger partial charge in [0.15, 0.2) is 0 Å². The summed E-state index contributed by atoms with van der Waals surface area (Å²) in [4.78, 5) is 4.50. The lowest BCUT2D eigenvalue weighted by molar-refractivity contribution is 0.585. The van der Waals surface area contributed by atoms with Crippen molar-refractivity contribution in [2.24, 2.45) is 0 Å². The van der Waals surface area contributed by atoms with Crippen molar-refractivity contribution in [3.8, 4) is 0 Å². The first-order valence-electron chi connectivity index (χ1n) is 7.51. The van der Waals surface area contributed by atoms with Gasteiger partial charge >= 0.3 is 0 Å². The summed E-state index contributed by atoms with van der Waals surface area (Å²) in [5.41, 5.74) is 2.42. The van der Waals surface area contributed by atoms with Gasteiger partial charge in [0, 0.05) is 34.5 Å². The minimum atomic E-state index is -3.53. The average Bonchev–Trinajstić information content (AvgIpc) is 2.61. The van der Waals surface area contributed by atoms with Crippen molar-refractivity contribution in [3.05, 3.63) is 72.4 Å². The Morgan fingerprint density at radius 3 is 2.60 bits per heavy atom. The Kier molecular flexibility index (Phi) is 5.03. The van der Waals surface area contributed by atoms with Gasteiger partial charge in [0.25, 0.3) is 0 Å². The predicted octanol–water partition coefficient (Wildman–Crippen LogP) is 4.10. The highest BCUT2D eigenvalue weighted by molar-refractivity contribution is 7.89. The van der Waals surface area contributed by atoms with E-state index in [4.69, 9.17) is 11.6 Å². The maximum absolute atomic E-state index is 12.1. The molecular weight excluding hydrogens is 358 g/mol. The first-order valence-corrected chi connectivity index (χ1v) is 9.37. The summed E-state index contributed by atoms with van der Waals surface area (Å²) in [5.74, 6) is 0. The standard InChI is InChI=1S/C18H16ClN3O2S/c1-2-10-21-25(23,24)15-6-4-14(5-7-15)22-18-9-11-20-17-8-3-13(19)12-16(17)18/h2-9,11-12,21H,1,10H2,(H,20,22). The van der Waals surface area contributed by atoms with Gasteiger partial charge in [-0.05, 0) is 48.5 Å². The highest BCUT2D eigenvalue weighted by Crippen LogP contribution is 2.27. The van der Waals surface area contributed by atoms with Gasteiger partial charge in [-0.1, -0.05) is 17.7 Å². The van der Waals surface area contributed by atoms with E-state index < -0.39 is 10.0 Å². The molecule has 1 aromatic heterocycles. The van der Waals surface area contributed by atoms with Gasteiger partial charge < -0.3 is 5.32 Å². The summed E-state index contributed by atoms with van der Waals surface area (Å²) in [6.45, 7) is 3.68. The van der Waals surface area contributed by atoms with Crippen LogP contribution in [0.4, 0.5) is 11.4 Å². The van der Waals surface area contributed by atoms with E-state index in [2.05, 4.69) is 21.6 Å². The predicted molar refractivity (Wildman–Crippen MR) is 102 cm³/mol. The van der Waals surface area contributed by atoms with Crippen molar-refractivity contribution in [1.29, 1.82) is 0 Å². The van der Waals surface area contributed by atoms with Crippen LogP contribution < -0.4 is 10.0 Å². The van der Waals surface area contributed by atoms with Gasteiger partial charge in [-0.25, -0.2) is 13.1 Å². The molecule has 0 radical (unpaired) electrons. The van der Waals surface area contributed by atoms with Crippen LogP contribution in [-0.4, -0.2) is 19.9 Å². The van der Waals surface area contributed by atoms with E-state index >= 15 is 0 Å². The van der Waals surface area contributed by atoms with Gasteiger partial charge in [0.2, 0.25) is 10.0 Å². The number of fused-ring (bicyclic) bond motifs is 1. The summed E-state index contributed by atoms with van der Waals surface area (Å²) in [6.07, 6.45) is 3.20. The normalized spacial score (nSPS) is 11.4. The summed E-state index contributed by atoms with van der Waals surface area (Å²) < 4.78 is 26.6. The van der Waals surface area contributed by atoms with Crippen LogP contribution in [0.3, 0.4) is 0 Å². The first kappa shape index (κ1) is 17.4. The molecule has 3 rings (SSSR count). The lowest BCUT2D eigenvalue weighted by atomic mass is 10.2. The molecule has 0 atom stereocenters. The van der Waals surface area contributed by atoms with Gasteiger partial charge in [-0.3, -0.25) is 4.98 Å². The Morgan fingerprint density at radius 2 is 1.88 bits per heavy atom. The van der Waals surface area contributed by atoms with E-state index in [1.54, 1.807) is 36.5 Å². The summed E-state index contributed by atoms with van der Waals surface area (Å²) in [7, 11) is -3.53. The maximum atomic E-state index is 12.1. The Balaban J connectivity index is 1.87. The molecule has 0 aliphatic carbocycles. The molecule has 25 heavy (non-hydrogen) atoms. The summed E-state index contributed by atoms with van der Waals surface area (Å²) in [6, 6.07) is 13.8. The van der Waals surface area contributed by atoms with Crippen molar-refractivity contribution in [3.63, 3.8) is 0 Å². The second-order valence-electron chi connectivity index (χ2n) is 5.31. The van der Waals surface area contributed by atoms with Crippen LogP contribution in [0.1, 0.15) is 0 Å². The zero-order valence-corrected chi connectivity index (χ0v) is 14.8. The molecule has 0 aliphatic rings. The molecule has 3 aromatic rings. The molecule has 0 saturated heterocycles. The molecule has 128 valence electrons. The quantitative estimate of drug-likeness (QED) is 0.638. The number of anilines is 2. The van der Waals surface area contributed by atoms with Crippen LogP contribution in [0.2, 0.25) is 5.02 Å². The molecular formula is C18H16ClN3O2S. The highest BCUT2D eigenvalue weighted by Gasteiger charge is 2.12. The minimum Gasteiger partial charge on any atom is -0.355 e. The number of hydrogen-bond donors (Lipinski definition) is 2. The van der Waals surface area contributed by atoms with Crippen molar-refractivity contribution < 1.29 is 8.42 Å². The Hall–Kier alpha value is -2.41. The largest absolute Gasteiger partial charge is 0.355 e. The molecule has 1 heterocycles. The van der Waals surface area contributed by atoms with Gasteiger partial charge in [-0.15, -0.1) is 6.58 Å². The van der Waals surface area contributed by atoms with Crippen LogP contribution in [0, 0.1) is 0 Å². The number of nitrogens with zero attached hydrogens (tertiary/aromatic N) is 1. The number of hydrogen-bond acceptors (Lipinski definition) is 4. The zero-order valence-electron chi connectivity index (χ0n) is 13.2. The molecule has 7 heteroatoms. The maximum Gasteiger partial charge on any atom is 0.240 e. The lowest BCUT2D eigenvalue weighted by Crippen LogP contribution is -2.23. The lowest BCUT2D eigenvalue weighted by Gasteiger charge is -2.11.